The van der Waals surface area contributed by atoms with Gasteiger partial charge in [0.25, 0.3) is 0 Å². The third-order valence-corrected chi connectivity index (χ3v) is 6.50. The van der Waals surface area contributed by atoms with Crippen molar-refractivity contribution in [3.63, 3.8) is 0 Å². The number of benzene rings is 1. The van der Waals surface area contributed by atoms with Crippen molar-refractivity contribution in [1.29, 1.82) is 0 Å². The molecule has 0 amide bonds. The zero-order valence-electron chi connectivity index (χ0n) is 17.8. The molecule has 1 unspecified atom stereocenters. The average molecular weight is 375 g/mol. The van der Waals surface area contributed by atoms with Crippen LogP contribution in [-0.2, 0) is 15.1 Å². The van der Waals surface area contributed by atoms with E-state index in [1.54, 1.807) is 0 Å². The number of rotatable bonds is 8. The van der Waals surface area contributed by atoms with Gasteiger partial charge in [-0.2, -0.15) is 0 Å². The molecular formula is C24H38O3. The Labute approximate surface area is 165 Å². The van der Waals surface area contributed by atoms with Gasteiger partial charge in [-0.3, -0.25) is 0 Å². The van der Waals surface area contributed by atoms with Crippen molar-refractivity contribution in [1.82, 2.24) is 0 Å². The molecule has 1 aromatic rings. The van der Waals surface area contributed by atoms with Gasteiger partial charge in [0, 0.05) is 0 Å². The van der Waals surface area contributed by atoms with Crippen molar-refractivity contribution in [3.05, 3.63) is 35.9 Å². The molecule has 1 saturated carbocycles. The van der Waals surface area contributed by atoms with Crippen LogP contribution in [-0.4, -0.2) is 17.2 Å². The van der Waals surface area contributed by atoms with E-state index in [1.165, 1.54) is 6.42 Å². The molecule has 0 heterocycles. The lowest BCUT2D eigenvalue weighted by atomic mass is 9.75. The van der Waals surface area contributed by atoms with Gasteiger partial charge in [0.05, 0.1) is 0 Å². The van der Waals surface area contributed by atoms with Gasteiger partial charge in [-0.25, -0.2) is 4.79 Å². The number of esters is 1. The predicted molar refractivity (Wildman–Crippen MR) is 110 cm³/mol. The van der Waals surface area contributed by atoms with Gasteiger partial charge >= 0.3 is 5.97 Å². The lowest BCUT2D eigenvalue weighted by molar-refractivity contribution is -0.180. The highest BCUT2D eigenvalue weighted by molar-refractivity contribution is 5.81. The van der Waals surface area contributed by atoms with Crippen LogP contribution in [0.15, 0.2) is 30.3 Å². The minimum absolute atomic E-state index is 0.0971. The fourth-order valence-corrected chi connectivity index (χ4v) is 4.22. The van der Waals surface area contributed by atoms with E-state index in [-0.39, 0.29) is 6.10 Å². The Morgan fingerprint density at radius 1 is 1.22 bits per heavy atom. The summed E-state index contributed by atoms with van der Waals surface area (Å²) < 4.78 is 6.03. The van der Waals surface area contributed by atoms with E-state index in [0.29, 0.717) is 35.7 Å². The Kier molecular flexibility index (Phi) is 7.91. The smallest absolute Gasteiger partial charge is 0.343 e. The summed E-state index contributed by atoms with van der Waals surface area (Å²) in [5.74, 6) is 1.40. The van der Waals surface area contributed by atoms with E-state index in [4.69, 9.17) is 4.74 Å². The van der Waals surface area contributed by atoms with Crippen molar-refractivity contribution >= 4 is 5.97 Å². The van der Waals surface area contributed by atoms with E-state index in [9.17, 15) is 9.90 Å². The largest absolute Gasteiger partial charge is 0.460 e. The molecule has 3 heteroatoms. The molecule has 1 aromatic carbocycles. The zero-order chi connectivity index (χ0) is 20.0. The highest BCUT2D eigenvalue weighted by Gasteiger charge is 2.43. The lowest BCUT2D eigenvalue weighted by Gasteiger charge is -2.38. The van der Waals surface area contributed by atoms with Gasteiger partial charge in [-0.15, -0.1) is 0 Å². The molecule has 1 aliphatic carbocycles. The highest BCUT2D eigenvalue weighted by Crippen LogP contribution is 2.38. The molecule has 152 valence electrons. The van der Waals surface area contributed by atoms with Crippen LogP contribution in [0.1, 0.15) is 78.7 Å². The number of hydrogen-bond acceptors (Lipinski definition) is 3. The molecule has 5 atom stereocenters. The van der Waals surface area contributed by atoms with Crippen LogP contribution in [0.3, 0.4) is 0 Å². The first kappa shape index (κ1) is 21.9. The number of aliphatic hydroxyl groups is 1. The first-order valence-corrected chi connectivity index (χ1v) is 10.8. The van der Waals surface area contributed by atoms with Crippen LogP contribution in [0.2, 0.25) is 0 Å². The first-order chi connectivity index (χ1) is 12.8. The second kappa shape index (κ2) is 9.73. The van der Waals surface area contributed by atoms with E-state index in [0.717, 1.165) is 25.7 Å². The molecule has 3 nitrogen and oxygen atoms in total. The Balaban J connectivity index is 2.22. The van der Waals surface area contributed by atoms with Crippen molar-refractivity contribution in [2.24, 2.45) is 23.7 Å². The molecule has 0 aliphatic heterocycles. The Morgan fingerprint density at radius 3 is 2.48 bits per heavy atom. The van der Waals surface area contributed by atoms with Gasteiger partial charge in [-0.05, 0) is 54.9 Å². The number of ether oxygens (including phenoxy) is 1. The molecule has 1 N–H and O–H groups in total. The van der Waals surface area contributed by atoms with Crippen LogP contribution in [0.5, 0.6) is 0 Å². The third kappa shape index (κ3) is 5.57. The van der Waals surface area contributed by atoms with Crippen molar-refractivity contribution in [3.8, 4) is 0 Å². The summed E-state index contributed by atoms with van der Waals surface area (Å²) in [5, 5.41) is 11.4. The second-order valence-electron chi connectivity index (χ2n) is 9.05. The quantitative estimate of drug-likeness (QED) is 0.593. The third-order valence-electron chi connectivity index (χ3n) is 6.50. The van der Waals surface area contributed by atoms with Crippen LogP contribution < -0.4 is 0 Å². The highest BCUT2D eigenvalue weighted by atomic mass is 16.6. The summed E-state index contributed by atoms with van der Waals surface area (Å²) in [6.45, 7) is 10.9. The topological polar surface area (TPSA) is 46.5 Å². The standard InChI is InChI=1S/C24H38O3/c1-6-18(4)14-15-24(26,20-10-8-7-9-11-20)23(25)27-22-16-19(5)12-13-21(22)17(2)3/h7-11,17-19,21-22,26H,6,12-16H2,1-5H3/t18?,19-,21+,22-,24-/m1/s1. The Morgan fingerprint density at radius 2 is 1.89 bits per heavy atom. The molecule has 0 bridgehead atoms. The molecule has 0 saturated heterocycles. The Bertz CT molecular complexity index is 583. The molecule has 27 heavy (non-hydrogen) atoms. The monoisotopic (exact) mass is 374 g/mol. The second-order valence-corrected chi connectivity index (χ2v) is 9.05. The van der Waals surface area contributed by atoms with Crippen LogP contribution in [0.4, 0.5) is 0 Å². The van der Waals surface area contributed by atoms with Crippen LogP contribution in [0, 0.1) is 23.7 Å². The van der Waals surface area contributed by atoms with Crippen LogP contribution in [0.25, 0.3) is 0 Å². The summed E-state index contributed by atoms with van der Waals surface area (Å²) in [6.07, 6.45) is 5.31. The van der Waals surface area contributed by atoms with Crippen molar-refractivity contribution < 1.29 is 14.6 Å². The SMILES string of the molecule is CCC(C)CC[C@](O)(C(=O)O[C@@H]1C[C@H](C)CC[C@H]1C(C)C)c1ccccc1. The fourth-order valence-electron chi connectivity index (χ4n) is 4.22. The molecule has 1 aliphatic rings. The fraction of sp³-hybridized carbons (Fsp3) is 0.708. The summed E-state index contributed by atoms with van der Waals surface area (Å²) in [5.41, 5.74) is -0.921. The van der Waals surface area contributed by atoms with E-state index < -0.39 is 11.6 Å². The summed E-state index contributed by atoms with van der Waals surface area (Å²) in [4.78, 5) is 13.2. The normalized spacial score (nSPS) is 26.4. The molecule has 2 rings (SSSR count). The van der Waals surface area contributed by atoms with E-state index in [2.05, 4.69) is 34.6 Å². The van der Waals surface area contributed by atoms with Crippen molar-refractivity contribution in [2.75, 3.05) is 0 Å². The summed E-state index contributed by atoms with van der Waals surface area (Å²) in [7, 11) is 0. The van der Waals surface area contributed by atoms with Gasteiger partial charge < -0.3 is 9.84 Å². The van der Waals surface area contributed by atoms with Gasteiger partial charge in [0.2, 0.25) is 0 Å². The number of hydrogen-bond donors (Lipinski definition) is 1. The molecule has 0 spiro atoms. The minimum atomic E-state index is -1.56. The maximum absolute atomic E-state index is 13.2. The maximum Gasteiger partial charge on any atom is 0.343 e. The van der Waals surface area contributed by atoms with Crippen LogP contribution >= 0.6 is 0 Å². The van der Waals surface area contributed by atoms with E-state index >= 15 is 0 Å². The van der Waals surface area contributed by atoms with Gasteiger partial charge in [0.15, 0.2) is 5.60 Å². The molecule has 0 radical (unpaired) electrons. The zero-order valence-corrected chi connectivity index (χ0v) is 17.8. The molecule has 0 aromatic heterocycles. The molecule has 1 fully saturated rings. The van der Waals surface area contributed by atoms with Gasteiger partial charge in [-0.1, -0.05) is 77.8 Å². The Hall–Kier alpha value is -1.35. The number of carbonyl (C=O) groups excluding carboxylic acids is 1. The van der Waals surface area contributed by atoms with Gasteiger partial charge in [0.1, 0.15) is 6.10 Å². The number of carbonyl (C=O) groups is 1. The molecular weight excluding hydrogens is 336 g/mol. The first-order valence-electron chi connectivity index (χ1n) is 10.8. The van der Waals surface area contributed by atoms with E-state index in [1.807, 2.05) is 30.3 Å². The average Bonchev–Trinajstić information content (AvgIpc) is 2.66. The summed E-state index contributed by atoms with van der Waals surface area (Å²) in [6, 6.07) is 9.32. The lowest BCUT2D eigenvalue weighted by Crippen LogP contribution is -2.43. The summed E-state index contributed by atoms with van der Waals surface area (Å²) >= 11 is 0. The van der Waals surface area contributed by atoms with Crippen molar-refractivity contribution in [2.45, 2.75) is 84.8 Å². The predicted octanol–water partition coefficient (Wildman–Crippen LogP) is 5.70. The minimum Gasteiger partial charge on any atom is -0.460 e. The maximum atomic E-state index is 13.2.